The van der Waals surface area contributed by atoms with Crippen LogP contribution in [0.1, 0.15) is 0 Å². The van der Waals surface area contributed by atoms with Gasteiger partial charge in [-0.25, -0.2) is 26.5 Å². The third-order valence-corrected chi connectivity index (χ3v) is 6.54. The molecule has 1 aromatic heterocycles. The molecule has 0 aliphatic carbocycles. The van der Waals surface area contributed by atoms with Crippen LogP contribution < -0.4 is 9.44 Å². The van der Waals surface area contributed by atoms with Gasteiger partial charge in [0.25, 0.3) is 0 Å². The van der Waals surface area contributed by atoms with Gasteiger partial charge >= 0.3 is 0 Å². The molecule has 1 heterocycles. The Kier molecular flexibility index (Phi) is 6.57. The topological polar surface area (TPSA) is 134 Å². The van der Waals surface area contributed by atoms with Gasteiger partial charge in [-0.05, 0) is 24.3 Å². The Balaban J connectivity index is 1.51. The first-order chi connectivity index (χ1) is 13.7. The molecule has 3 rings (SSSR count). The third kappa shape index (κ3) is 6.29. The maximum atomic E-state index is 12.3. The highest BCUT2D eigenvalue weighted by Crippen LogP contribution is 2.19. The summed E-state index contributed by atoms with van der Waals surface area (Å²) in [6, 6.07) is 15.0. The quantitative estimate of drug-likeness (QED) is 0.333. The summed E-state index contributed by atoms with van der Waals surface area (Å²) in [6.07, 6.45) is 1.02. The molecule has 0 spiro atoms. The average Bonchev–Trinajstić information content (AvgIpc) is 3.14. The molecule has 9 nitrogen and oxygen atoms in total. The van der Waals surface area contributed by atoms with Crippen molar-refractivity contribution in [2.75, 3.05) is 23.3 Å². The molecular weight excluding hydrogens is 434 g/mol. The summed E-state index contributed by atoms with van der Waals surface area (Å²) in [7, 11) is -7.12. The molecule has 0 unspecified atom stereocenters. The van der Waals surface area contributed by atoms with Gasteiger partial charge in [0.1, 0.15) is 0 Å². The summed E-state index contributed by atoms with van der Waals surface area (Å²) in [5, 5.41) is 7.50. The summed E-state index contributed by atoms with van der Waals surface area (Å²) < 4.78 is 51.8. The fourth-order valence-corrected chi connectivity index (χ4v) is 4.73. The lowest BCUT2D eigenvalue weighted by Crippen LogP contribution is -2.26. The van der Waals surface area contributed by atoms with Gasteiger partial charge in [0.15, 0.2) is 5.82 Å². The van der Waals surface area contributed by atoms with Crippen molar-refractivity contribution in [1.29, 1.82) is 0 Å². The van der Waals surface area contributed by atoms with E-state index >= 15 is 0 Å². The Bertz CT molecular complexity index is 1160. The van der Waals surface area contributed by atoms with E-state index in [4.69, 9.17) is 0 Å². The lowest BCUT2D eigenvalue weighted by atomic mass is 10.2. The number of sulfonamides is 2. The van der Waals surface area contributed by atoms with Crippen molar-refractivity contribution in [3.8, 4) is 11.4 Å². The van der Waals surface area contributed by atoms with Crippen LogP contribution in [0.5, 0.6) is 0 Å². The Morgan fingerprint density at radius 3 is 2.34 bits per heavy atom. The lowest BCUT2D eigenvalue weighted by molar-refractivity contribution is 0.584. The van der Waals surface area contributed by atoms with Crippen molar-refractivity contribution in [1.82, 2.24) is 19.9 Å². The molecule has 0 atom stereocenters. The van der Waals surface area contributed by atoms with Crippen molar-refractivity contribution >= 4 is 37.5 Å². The van der Waals surface area contributed by atoms with Gasteiger partial charge in [0.2, 0.25) is 25.2 Å². The minimum Gasteiger partial charge on any atom is -0.284 e. The first-order valence-electron chi connectivity index (χ1n) is 8.41. The second-order valence-electron chi connectivity index (χ2n) is 5.98. The molecule has 0 bridgehead atoms. The molecule has 0 saturated carbocycles. The summed E-state index contributed by atoms with van der Waals surface area (Å²) in [4.78, 5) is 4.42. The van der Waals surface area contributed by atoms with E-state index in [0.29, 0.717) is 22.4 Å². The van der Waals surface area contributed by atoms with Crippen LogP contribution in [0, 0.1) is 0 Å². The molecule has 0 aliphatic rings. The maximum absolute atomic E-state index is 12.3. The van der Waals surface area contributed by atoms with E-state index in [1.54, 1.807) is 0 Å². The smallest absolute Gasteiger partial charge is 0.240 e. The van der Waals surface area contributed by atoms with Crippen LogP contribution >= 0.6 is 11.8 Å². The monoisotopic (exact) mass is 453 g/mol. The molecule has 3 aromatic rings. The van der Waals surface area contributed by atoms with Crippen molar-refractivity contribution in [2.45, 2.75) is 10.1 Å². The van der Waals surface area contributed by atoms with Crippen LogP contribution in [0.4, 0.5) is 5.69 Å². The molecule has 2 aromatic carbocycles. The number of H-pyrrole nitrogens is 1. The number of aromatic amines is 1. The number of thioether (sulfide) groups is 1. The number of aromatic nitrogens is 3. The van der Waals surface area contributed by atoms with Gasteiger partial charge in [-0.15, -0.1) is 5.10 Å². The number of nitrogens with one attached hydrogen (secondary N) is 3. The standard InChI is InChI=1S/C17H19N5O4S3/c1-28(23,24)22-14-7-9-15(10-8-14)29(25,26)18-11-12-27-17-19-16(20-21-17)13-5-3-2-4-6-13/h2-10,18,22H,11-12H2,1H3,(H,19,20,21). The number of rotatable bonds is 9. The summed E-state index contributed by atoms with van der Waals surface area (Å²) in [5.41, 5.74) is 1.21. The van der Waals surface area contributed by atoms with Crippen molar-refractivity contribution in [3.63, 3.8) is 0 Å². The molecule has 0 radical (unpaired) electrons. The second kappa shape index (κ2) is 8.95. The number of anilines is 1. The van der Waals surface area contributed by atoms with Crippen molar-refractivity contribution in [3.05, 3.63) is 54.6 Å². The molecule has 0 amide bonds. The van der Waals surface area contributed by atoms with Gasteiger partial charge in [-0.3, -0.25) is 9.82 Å². The SMILES string of the molecule is CS(=O)(=O)Nc1ccc(S(=O)(=O)NCCSc2n[nH]c(-c3ccccc3)n2)cc1. The molecular formula is C17H19N5O4S3. The van der Waals surface area contributed by atoms with Crippen molar-refractivity contribution < 1.29 is 16.8 Å². The minimum atomic E-state index is -3.70. The van der Waals surface area contributed by atoms with Crippen LogP contribution in [0.25, 0.3) is 11.4 Å². The first kappa shape index (κ1) is 21.3. The van der Waals surface area contributed by atoms with Gasteiger partial charge in [0.05, 0.1) is 11.2 Å². The lowest BCUT2D eigenvalue weighted by Gasteiger charge is -2.08. The van der Waals surface area contributed by atoms with Crippen LogP contribution in [0.2, 0.25) is 0 Å². The summed E-state index contributed by atoms with van der Waals surface area (Å²) >= 11 is 1.32. The van der Waals surface area contributed by atoms with Crippen LogP contribution in [-0.2, 0) is 20.0 Å². The van der Waals surface area contributed by atoms with Gasteiger partial charge in [0, 0.05) is 23.5 Å². The predicted octanol–water partition coefficient (Wildman–Crippen LogP) is 1.91. The fraction of sp³-hybridized carbons (Fsp3) is 0.176. The van der Waals surface area contributed by atoms with Gasteiger partial charge < -0.3 is 0 Å². The normalized spacial score (nSPS) is 12.0. The maximum Gasteiger partial charge on any atom is 0.240 e. The van der Waals surface area contributed by atoms with Gasteiger partial charge in [-0.1, -0.05) is 42.1 Å². The molecule has 12 heteroatoms. The molecule has 154 valence electrons. The van der Waals surface area contributed by atoms with E-state index in [1.165, 1.54) is 36.0 Å². The van der Waals surface area contributed by atoms with E-state index in [1.807, 2.05) is 30.3 Å². The molecule has 3 N–H and O–H groups in total. The molecule has 29 heavy (non-hydrogen) atoms. The number of hydrogen-bond acceptors (Lipinski definition) is 7. The number of benzene rings is 2. The highest BCUT2D eigenvalue weighted by molar-refractivity contribution is 7.99. The Morgan fingerprint density at radius 1 is 1.00 bits per heavy atom. The summed E-state index contributed by atoms with van der Waals surface area (Å²) in [6.45, 7) is 0.186. The number of hydrogen-bond donors (Lipinski definition) is 3. The van der Waals surface area contributed by atoms with E-state index < -0.39 is 20.0 Å². The highest BCUT2D eigenvalue weighted by atomic mass is 32.2. The Morgan fingerprint density at radius 2 is 1.69 bits per heavy atom. The Hall–Kier alpha value is -2.41. The zero-order chi connectivity index (χ0) is 20.9. The second-order valence-corrected chi connectivity index (χ2v) is 10.6. The number of nitrogens with zero attached hydrogens (tertiary/aromatic N) is 2. The molecule has 0 fully saturated rings. The van der Waals surface area contributed by atoms with E-state index in [9.17, 15) is 16.8 Å². The fourth-order valence-electron chi connectivity index (χ4n) is 2.35. The molecule has 0 saturated heterocycles. The third-order valence-electron chi connectivity index (χ3n) is 3.61. The van der Waals surface area contributed by atoms with E-state index in [-0.39, 0.29) is 11.4 Å². The largest absolute Gasteiger partial charge is 0.284 e. The first-order valence-corrected chi connectivity index (χ1v) is 12.8. The summed E-state index contributed by atoms with van der Waals surface area (Å²) in [5.74, 6) is 1.09. The molecule has 0 aliphatic heterocycles. The minimum absolute atomic E-state index is 0.0470. The van der Waals surface area contributed by atoms with Crippen LogP contribution in [0.15, 0.2) is 64.6 Å². The highest BCUT2D eigenvalue weighted by Gasteiger charge is 2.14. The average molecular weight is 454 g/mol. The van der Waals surface area contributed by atoms with Crippen LogP contribution in [0.3, 0.4) is 0 Å². The zero-order valence-electron chi connectivity index (χ0n) is 15.4. The van der Waals surface area contributed by atoms with Crippen molar-refractivity contribution in [2.24, 2.45) is 0 Å². The van der Waals surface area contributed by atoms with Crippen LogP contribution in [-0.4, -0.2) is 50.6 Å². The van der Waals surface area contributed by atoms with E-state index in [0.717, 1.165) is 11.8 Å². The Labute approximate surface area is 173 Å². The zero-order valence-corrected chi connectivity index (χ0v) is 17.8. The van der Waals surface area contributed by atoms with Gasteiger partial charge in [-0.2, -0.15) is 0 Å². The predicted molar refractivity (Wildman–Crippen MR) is 113 cm³/mol. The van der Waals surface area contributed by atoms with E-state index in [2.05, 4.69) is 24.6 Å².